The van der Waals surface area contributed by atoms with E-state index in [2.05, 4.69) is 10.4 Å². The Morgan fingerprint density at radius 1 is 1.30 bits per heavy atom. The van der Waals surface area contributed by atoms with Crippen molar-refractivity contribution in [3.63, 3.8) is 0 Å². The van der Waals surface area contributed by atoms with Crippen LogP contribution in [0.25, 0.3) is 0 Å². The van der Waals surface area contributed by atoms with Gasteiger partial charge in [0.2, 0.25) is 15.9 Å². The lowest BCUT2D eigenvalue weighted by Gasteiger charge is -2.26. The summed E-state index contributed by atoms with van der Waals surface area (Å²) >= 11 is 0. The van der Waals surface area contributed by atoms with Gasteiger partial charge in [-0.3, -0.25) is 9.48 Å². The van der Waals surface area contributed by atoms with E-state index in [1.165, 1.54) is 10.4 Å². The lowest BCUT2D eigenvalue weighted by Crippen LogP contribution is -2.40. The second-order valence-corrected chi connectivity index (χ2v) is 8.87. The van der Waals surface area contributed by atoms with E-state index in [4.69, 9.17) is 4.74 Å². The minimum Gasteiger partial charge on any atom is -0.379 e. The molecule has 0 unspecified atom stereocenters. The SMILES string of the molecule is Cn1cc([C@@H]2C[C@H]2C(=O)Nc2cccc(S(=O)(=O)N3CCOCC3)c2)cn1. The molecule has 2 aliphatic rings. The third-order valence-electron chi connectivity index (χ3n) is 4.99. The van der Waals surface area contributed by atoms with Gasteiger partial charge in [-0.25, -0.2) is 8.42 Å². The summed E-state index contributed by atoms with van der Waals surface area (Å²) in [7, 11) is -1.74. The van der Waals surface area contributed by atoms with Gasteiger partial charge in [0.05, 0.1) is 24.3 Å². The van der Waals surface area contributed by atoms with Crippen molar-refractivity contribution in [2.75, 3.05) is 31.6 Å². The van der Waals surface area contributed by atoms with Crippen LogP contribution >= 0.6 is 0 Å². The van der Waals surface area contributed by atoms with Gasteiger partial charge in [-0.15, -0.1) is 0 Å². The molecule has 9 heteroatoms. The largest absolute Gasteiger partial charge is 0.379 e. The van der Waals surface area contributed by atoms with Crippen LogP contribution in [0, 0.1) is 5.92 Å². The molecule has 1 N–H and O–H groups in total. The number of nitrogens with one attached hydrogen (secondary N) is 1. The van der Waals surface area contributed by atoms with Crippen LogP contribution in [0.3, 0.4) is 0 Å². The highest BCUT2D eigenvalue weighted by Gasteiger charge is 2.44. The highest BCUT2D eigenvalue weighted by Crippen LogP contribution is 2.47. The fourth-order valence-electron chi connectivity index (χ4n) is 3.39. The molecule has 27 heavy (non-hydrogen) atoms. The summed E-state index contributed by atoms with van der Waals surface area (Å²) in [6.45, 7) is 1.47. The highest BCUT2D eigenvalue weighted by molar-refractivity contribution is 7.89. The number of hydrogen-bond acceptors (Lipinski definition) is 5. The predicted octanol–water partition coefficient (Wildman–Crippen LogP) is 1.18. The van der Waals surface area contributed by atoms with Gasteiger partial charge in [0, 0.05) is 37.9 Å². The fraction of sp³-hybridized carbons (Fsp3) is 0.444. The number of sulfonamides is 1. The van der Waals surface area contributed by atoms with Crippen molar-refractivity contribution in [2.24, 2.45) is 13.0 Å². The van der Waals surface area contributed by atoms with Gasteiger partial charge in [-0.05, 0) is 36.1 Å². The first kappa shape index (κ1) is 18.1. The number of anilines is 1. The second kappa shape index (κ2) is 7.06. The molecule has 8 nitrogen and oxygen atoms in total. The molecule has 2 fully saturated rings. The maximum Gasteiger partial charge on any atom is 0.243 e. The van der Waals surface area contributed by atoms with Crippen LogP contribution < -0.4 is 5.32 Å². The lowest BCUT2D eigenvalue weighted by molar-refractivity contribution is -0.117. The molecule has 0 bridgehead atoms. The van der Waals surface area contributed by atoms with Gasteiger partial charge in [-0.2, -0.15) is 9.40 Å². The molecule has 1 aliphatic carbocycles. The molecule has 2 aromatic rings. The molecular formula is C18H22N4O4S. The summed E-state index contributed by atoms with van der Waals surface area (Å²) in [6.07, 6.45) is 4.49. The van der Waals surface area contributed by atoms with E-state index >= 15 is 0 Å². The molecule has 0 radical (unpaired) electrons. The van der Waals surface area contributed by atoms with Gasteiger partial charge in [0.1, 0.15) is 0 Å². The van der Waals surface area contributed by atoms with Gasteiger partial charge >= 0.3 is 0 Å². The van der Waals surface area contributed by atoms with E-state index < -0.39 is 10.0 Å². The van der Waals surface area contributed by atoms with Gasteiger partial charge < -0.3 is 10.1 Å². The lowest BCUT2D eigenvalue weighted by atomic mass is 10.2. The number of amides is 1. The van der Waals surface area contributed by atoms with E-state index in [0.29, 0.717) is 32.0 Å². The zero-order chi connectivity index (χ0) is 19.0. The molecule has 0 spiro atoms. The number of aryl methyl sites for hydroxylation is 1. The summed E-state index contributed by atoms with van der Waals surface area (Å²) < 4.78 is 33.9. The van der Waals surface area contributed by atoms with E-state index in [0.717, 1.165) is 12.0 Å². The maximum absolute atomic E-state index is 12.8. The monoisotopic (exact) mass is 390 g/mol. The third kappa shape index (κ3) is 3.76. The van der Waals surface area contributed by atoms with E-state index in [-0.39, 0.29) is 22.6 Å². The van der Waals surface area contributed by atoms with Crippen LogP contribution in [0.2, 0.25) is 0 Å². The van der Waals surface area contributed by atoms with Crippen molar-refractivity contribution in [3.8, 4) is 0 Å². The predicted molar refractivity (Wildman–Crippen MR) is 98.7 cm³/mol. The Labute approximate surface area is 158 Å². The van der Waals surface area contributed by atoms with Crippen LogP contribution in [0.5, 0.6) is 0 Å². The number of benzene rings is 1. The van der Waals surface area contributed by atoms with E-state index in [1.54, 1.807) is 29.1 Å². The number of morpholine rings is 1. The molecule has 2 atom stereocenters. The summed E-state index contributed by atoms with van der Waals surface area (Å²) in [6, 6.07) is 6.42. The van der Waals surface area contributed by atoms with Crippen LogP contribution in [-0.4, -0.2) is 54.7 Å². The molecular weight excluding hydrogens is 368 g/mol. The fourth-order valence-corrected chi connectivity index (χ4v) is 4.84. The molecule has 4 rings (SSSR count). The van der Waals surface area contributed by atoms with Gasteiger partial charge in [0.15, 0.2) is 0 Å². The Kier molecular flexibility index (Phi) is 4.75. The van der Waals surface area contributed by atoms with E-state index in [9.17, 15) is 13.2 Å². The van der Waals surface area contributed by atoms with Crippen molar-refractivity contribution >= 4 is 21.6 Å². The van der Waals surface area contributed by atoms with Crippen molar-refractivity contribution < 1.29 is 17.9 Å². The average Bonchev–Trinajstić information content (AvgIpc) is 3.37. The first-order valence-corrected chi connectivity index (χ1v) is 10.4. The molecule has 144 valence electrons. The second-order valence-electron chi connectivity index (χ2n) is 6.93. The van der Waals surface area contributed by atoms with Crippen molar-refractivity contribution in [2.45, 2.75) is 17.2 Å². The minimum absolute atomic E-state index is 0.0928. The Morgan fingerprint density at radius 2 is 2.07 bits per heavy atom. The summed E-state index contributed by atoms with van der Waals surface area (Å²) in [5.41, 5.74) is 1.55. The number of ether oxygens (including phenoxy) is 1. The Hall–Kier alpha value is -2.23. The first-order chi connectivity index (χ1) is 12.9. The minimum atomic E-state index is -3.58. The topological polar surface area (TPSA) is 93.5 Å². The zero-order valence-corrected chi connectivity index (χ0v) is 15.9. The standard InChI is InChI=1S/C18H22N4O4S/c1-21-12-13(11-19-21)16-10-17(16)18(23)20-14-3-2-4-15(9-14)27(24,25)22-5-7-26-8-6-22/h2-4,9,11-12,16-17H,5-8,10H2,1H3,(H,20,23)/t16-,17+/m0/s1. The van der Waals surface area contributed by atoms with Crippen molar-refractivity contribution in [3.05, 3.63) is 42.2 Å². The number of rotatable bonds is 5. The van der Waals surface area contributed by atoms with Gasteiger partial charge in [0.25, 0.3) is 0 Å². The van der Waals surface area contributed by atoms with Crippen molar-refractivity contribution in [1.29, 1.82) is 0 Å². The van der Waals surface area contributed by atoms with E-state index in [1.807, 2.05) is 13.2 Å². The summed E-state index contributed by atoms with van der Waals surface area (Å²) in [5.74, 6) is -0.0163. The van der Waals surface area contributed by atoms with Crippen LogP contribution in [0.1, 0.15) is 17.9 Å². The molecule has 1 aromatic carbocycles. The Morgan fingerprint density at radius 3 is 2.78 bits per heavy atom. The maximum atomic E-state index is 12.8. The number of carbonyl (C=O) groups is 1. The molecule has 2 heterocycles. The summed E-state index contributed by atoms with van der Waals surface area (Å²) in [4.78, 5) is 12.7. The quantitative estimate of drug-likeness (QED) is 0.828. The van der Waals surface area contributed by atoms with Crippen LogP contribution in [0.4, 0.5) is 5.69 Å². The Balaban J connectivity index is 1.44. The molecule has 1 saturated heterocycles. The summed E-state index contributed by atoms with van der Waals surface area (Å²) in [5, 5.41) is 7.00. The van der Waals surface area contributed by atoms with Crippen LogP contribution in [-0.2, 0) is 26.6 Å². The number of aromatic nitrogens is 2. The van der Waals surface area contributed by atoms with Gasteiger partial charge in [-0.1, -0.05) is 6.07 Å². The third-order valence-corrected chi connectivity index (χ3v) is 6.88. The Bertz CT molecular complexity index is 950. The molecule has 1 aliphatic heterocycles. The molecule has 1 aromatic heterocycles. The first-order valence-electron chi connectivity index (χ1n) is 8.92. The number of carbonyl (C=O) groups excluding carboxylic acids is 1. The van der Waals surface area contributed by atoms with Crippen molar-refractivity contribution in [1.82, 2.24) is 14.1 Å². The smallest absolute Gasteiger partial charge is 0.243 e. The number of nitrogens with zero attached hydrogens (tertiary/aromatic N) is 3. The normalized spacial score (nSPS) is 23.1. The highest BCUT2D eigenvalue weighted by atomic mass is 32.2. The van der Waals surface area contributed by atoms with Crippen LogP contribution in [0.15, 0.2) is 41.6 Å². The molecule has 1 amide bonds. The average molecular weight is 390 g/mol. The zero-order valence-electron chi connectivity index (χ0n) is 15.0. The molecule has 1 saturated carbocycles. The number of hydrogen-bond donors (Lipinski definition) is 1.